The summed E-state index contributed by atoms with van der Waals surface area (Å²) in [6.45, 7) is 6.45. The average Bonchev–Trinajstić information content (AvgIpc) is 3.15. The molecule has 1 aromatic heterocycles. The lowest BCUT2D eigenvalue weighted by Crippen LogP contribution is -2.24. The van der Waals surface area contributed by atoms with Crippen LogP contribution < -0.4 is 10.1 Å². The second-order valence-corrected chi connectivity index (χ2v) is 7.80. The summed E-state index contributed by atoms with van der Waals surface area (Å²) in [5.74, 6) is 1.19. The van der Waals surface area contributed by atoms with Crippen LogP contribution >= 0.6 is 11.6 Å². The van der Waals surface area contributed by atoms with E-state index in [1.54, 1.807) is 30.3 Å². The van der Waals surface area contributed by atoms with Crippen molar-refractivity contribution >= 4 is 17.5 Å². The van der Waals surface area contributed by atoms with Crippen LogP contribution in [0.25, 0.3) is 0 Å². The summed E-state index contributed by atoms with van der Waals surface area (Å²) < 4.78 is 11.1. The molecule has 146 valence electrons. The summed E-state index contributed by atoms with van der Waals surface area (Å²) in [6.07, 6.45) is 0. The van der Waals surface area contributed by atoms with Gasteiger partial charge < -0.3 is 14.6 Å². The second kappa shape index (κ2) is 8.44. The SMILES string of the molecule is CC(C)(C)c1nc(CNC(=O)c2ccccc2OCc2ccc(Cl)cc2)no1. The molecule has 0 unspecified atom stereocenters. The highest BCUT2D eigenvalue weighted by atomic mass is 35.5. The Kier molecular flexibility index (Phi) is 5.99. The van der Waals surface area contributed by atoms with Crippen LogP contribution in [0.4, 0.5) is 0 Å². The van der Waals surface area contributed by atoms with Crippen LogP contribution in [0.3, 0.4) is 0 Å². The predicted octanol–water partition coefficient (Wildman–Crippen LogP) is 4.53. The van der Waals surface area contributed by atoms with Crippen molar-refractivity contribution in [3.63, 3.8) is 0 Å². The molecule has 0 atom stereocenters. The van der Waals surface area contributed by atoms with E-state index < -0.39 is 0 Å². The number of para-hydroxylation sites is 1. The third-order valence-electron chi connectivity index (χ3n) is 3.96. The molecule has 3 rings (SSSR count). The summed E-state index contributed by atoms with van der Waals surface area (Å²) in [4.78, 5) is 16.9. The molecule has 1 N–H and O–H groups in total. The highest BCUT2D eigenvalue weighted by Gasteiger charge is 2.22. The molecule has 0 radical (unpaired) electrons. The van der Waals surface area contributed by atoms with Crippen LogP contribution in [0.5, 0.6) is 5.75 Å². The van der Waals surface area contributed by atoms with Crippen LogP contribution in [0.1, 0.15) is 48.4 Å². The first-order valence-electron chi connectivity index (χ1n) is 8.90. The number of carbonyl (C=O) groups is 1. The molecule has 0 spiro atoms. The van der Waals surface area contributed by atoms with Crippen LogP contribution in [0.15, 0.2) is 53.1 Å². The van der Waals surface area contributed by atoms with Gasteiger partial charge >= 0.3 is 0 Å². The van der Waals surface area contributed by atoms with Gasteiger partial charge in [0.05, 0.1) is 12.1 Å². The van der Waals surface area contributed by atoms with Gasteiger partial charge in [-0.2, -0.15) is 4.98 Å². The summed E-state index contributed by atoms with van der Waals surface area (Å²) in [5, 5.41) is 7.38. The van der Waals surface area contributed by atoms with Crippen molar-refractivity contribution in [3.05, 3.63) is 76.4 Å². The first-order valence-corrected chi connectivity index (χ1v) is 9.28. The van der Waals surface area contributed by atoms with Crippen LogP contribution in [0, 0.1) is 0 Å². The number of hydrogen-bond donors (Lipinski definition) is 1. The van der Waals surface area contributed by atoms with Crippen molar-refractivity contribution in [2.75, 3.05) is 0 Å². The Balaban J connectivity index is 1.63. The van der Waals surface area contributed by atoms with Gasteiger partial charge in [-0.05, 0) is 29.8 Å². The Bertz CT molecular complexity index is 946. The molecule has 28 heavy (non-hydrogen) atoms. The Morgan fingerprint density at radius 3 is 2.54 bits per heavy atom. The van der Waals surface area contributed by atoms with Gasteiger partial charge in [-0.1, -0.05) is 61.8 Å². The molecule has 0 saturated carbocycles. The lowest BCUT2D eigenvalue weighted by molar-refractivity contribution is 0.0945. The largest absolute Gasteiger partial charge is 0.488 e. The van der Waals surface area contributed by atoms with E-state index in [0.717, 1.165) is 5.56 Å². The molecule has 0 fully saturated rings. The van der Waals surface area contributed by atoms with Gasteiger partial charge in [0.25, 0.3) is 5.91 Å². The van der Waals surface area contributed by atoms with Gasteiger partial charge in [-0.15, -0.1) is 0 Å². The highest BCUT2D eigenvalue weighted by Crippen LogP contribution is 2.21. The fourth-order valence-electron chi connectivity index (χ4n) is 2.41. The Hall–Kier alpha value is -2.86. The zero-order chi connectivity index (χ0) is 20.1. The molecule has 0 aliphatic carbocycles. The number of amides is 1. The predicted molar refractivity (Wildman–Crippen MR) is 106 cm³/mol. The van der Waals surface area contributed by atoms with Gasteiger partial charge in [0, 0.05) is 10.4 Å². The molecular weight excluding hydrogens is 378 g/mol. The molecule has 0 bridgehead atoms. The number of nitrogens with one attached hydrogen (secondary N) is 1. The van der Waals surface area contributed by atoms with Crippen molar-refractivity contribution in [2.24, 2.45) is 0 Å². The van der Waals surface area contributed by atoms with E-state index >= 15 is 0 Å². The number of nitrogens with zero attached hydrogens (tertiary/aromatic N) is 2. The maximum Gasteiger partial charge on any atom is 0.255 e. The van der Waals surface area contributed by atoms with E-state index in [-0.39, 0.29) is 17.9 Å². The smallest absolute Gasteiger partial charge is 0.255 e. The fraction of sp³-hybridized carbons (Fsp3) is 0.286. The van der Waals surface area contributed by atoms with E-state index in [1.165, 1.54) is 0 Å². The maximum absolute atomic E-state index is 12.6. The third kappa shape index (κ3) is 5.10. The minimum atomic E-state index is -0.270. The van der Waals surface area contributed by atoms with Crippen molar-refractivity contribution in [1.29, 1.82) is 0 Å². The van der Waals surface area contributed by atoms with E-state index in [0.29, 0.717) is 34.7 Å². The number of hydrogen-bond acceptors (Lipinski definition) is 5. The zero-order valence-electron chi connectivity index (χ0n) is 16.0. The first kappa shape index (κ1) is 19.9. The number of carbonyl (C=O) groups excluding carboxylic acids is 1. The quantitative estimate of drug-likeness (QED) is 0.658. The van der Waals surface area contributed by atoms with Crippen molar-refractivity contribution in [3.8, 4) is 5.75 Å². The second-order valence-electron chi connectivity index (χ2n) is 7.36. The van der Waals surface area contributed by atoms with E-state index in [1.807, 2.05) is 39.0 Å². The lowest BCUT2D eigenvalue weighted by Gasteiger charge is -2.11. The average molecular weight is 400 g/mol. The number of benzene rings is 2. The molecule has 7 heteroatoms. The molecule has 0 aliphatic heterocycles. The van der Waals surface area contributed by atoms with Crippen molar-refractivity contribution < 1.29 is 14.1 Å². The van der Waals surface area contributed by atoms with Crippen LogP contribution in [-0.4, -0.2) is 16.0 Å². The summed E-state index contributed by atoms with van der Waals surface area (Å²) in [5.41, 5.74) is 1.16. The van der Waals surface area contributed by atoms with Gasteiger partial charge in [0.15, 0.2) is 5.82 Å². The molecule has 6 nitrogen and oxygen atoms in total. The molecule has 3 aromatic rings. The van der Waals surface area contributed by atoms with E-state index in [9.17, 15) is 4.79 Å². The lowest BCUT2D eigenvalue weighted by atomic mass is 9.97. The first-order chi connectivity index (χ1) is 13.3. The minimum Gasteiger partial charge on any atom is -0.488 e. The molecule has 0 saturated heterocycles. The minimum absolute atomic E-state index is 0.171. The van der Waals surface area contributed by atoms with Crippen LogP contribution in [0.2, 0.25) is 5.02 Å². The van der Waals surface area contributed by atoms with Gasteiger partial charge in [0.2, 0.25) is 5.89 Å². The summed E-state index contributed by atoms with van der Waals surface area (Å²) in [7, 11) is 0. The highest BCUT2D eigenvalue weighted by molar-refractivity contribution is 6.30. The summed E-state index contributed by atoms with van der Waals surface area (Å²) >= 11 is 5.90. The topological polar surface area (TPSA) is 77.2 Å². The molecule has 1 amide bonds. The van der Waals surface area contributed by atoms with Gasteiger partial charge in [-0.3, -0.25) is 4.79 Å². The monoisotopic (exact) mass is 399 g/mol. The number of rotatable bonds is 6. The van der Waals surface area contributed by atoms with Crippen LogP contribution in [-0.2, 0) is 18.6 Å². The number of aromatic nitrogens is 2. The molecule has 2 aromatic carbocycles. The normalized spacial score (nSPS) is 11.3. The third-order valence-corrected chi connectivity index (χ3v) is 4.21. The molecule has 1 heterocycles. The van der Waals surface area contributed by atoms with Crippen molar-refractivity contribution in [1.82, 2.24) is 15.5 Å². The van der Waals surface area contributed by atoms with E-state index in [4.69, 9.17) is 20.9 Å². The Morgan fingerprint density at radius 2 is 1.86 bits per heavy atom. The Labute approximate surface area is 168 Å². The summed E-state index contributed by atoms with van der Waals surface area (Å²) in [6, 6.07) is 14.5. The van der Waals surface area contributed by atoms with Gasteiger partial charge in [0.1, 0.15) is 12.4 Å². The molecular formula is C21H22ClN3O3. The molecule has 0 aliphatic rings. The van der Waals surface area contributed by atoms with Crippen molar-refractivity contribution in [2.45, 2.75) is 39.3 Å². The number of halogens is 1. The van der Waals surface area contributed by atoms with Gasteiger partial charge in [-0.25, -0.2) is 0 Å². The maximum atomic E-state index is 12.6. The zero-order valence-corrected chi connectivity index (χ0v) is 16.8. The Morgan fingerprint density at radius 1 is 1.14 bits per heavy atom. The standard InChI is InChI=1S/C21H22ClN3O3/c1-21(2,3)20-24-18(25-28-20)12-23-19(26)16-6-4-5-7-17(16)27-13-14-8-10-15(22)11-9-14/h4-11H,12-13H2,1-3H3,(H,23,26). The van der Waals surface area contributed by atoms with E-state index in [2.05, 4.69) is 15.5 Å². The fourth-order valence-corrected chi connectivity index (χ4v) is 2.53. The number of ether oxygens (including phenoxy) is 1.